The zero-order valence-electron chi connectivity index (χ0n) is 17.1. The summed E-state index contributed by atoms with van der Waals surface area (Å²) in [4.78, 5) is 18.2. The van der Waals surface area contributed by atoms with Crippen molar-refractivity contribution in [2.24, 2.45) is 4.99 Å². The van der Waals surface area contributed by atoms with Crippen LogP contribution in [0.25, 0.3) is 0 Å². The predicted octanol–water partition coefficient (Wildman–Crippen LogP) is 6.74. The number of carbonyl (C=O) groups is 1. The maximum absolute atomic E-state index is 12.4. The summed E-state index contributed by atoms with van der Waals surface area (Å²) >= 11 is 13.0. The van der Waals surface area contributed by atoms with E-state index in [-0.39, 0.29) is 5.25 Å². The number of ether oxygens (including phenoxy) is 1. The highest BCUT2D eigenvalue weighted by Crippen LogP contribution is 2.51. The molecule has 3 heterocycles. The van der Waals surface area contributed by atoms with E-state index in [1.54, 1.807) is 11.3 Å². The van der Waals surface area contributed by atoms with Gasteiger partial charge in [0.25, 0.3) is 0 Å². The molecule has 0 spiro atoms. The Morgan fingerprint density at radius 3 is 2.66 bits per heavy atom. The lowest BCUT2D eigenvalue weighted by Gasteiger charge is -2.35. The molecule has 158 valence electrons. The zero-order valence-corrected chi connectivity index (χ0v) is 21.0. The quantitative estimate of drug-likeness (QED) is 0.474. The third kappa shape index (κ3) is 5.18. The minimum Gasteiger partial charge on any atom is -0.444 e. The number of aromatic nitrogens is 1. The second-order valence-electron chi connectivity index (χ2n) is 8.09. The van der Waals surface area contributed by atoms with Gasteiger partial charge < -0.3 is 9.26 Å². The number of amidine groups is 1. The molecule has 1 aliphatic rings. The minimum atomic E-state index is -0.621. The number of halogens is 2. The first-order chi connectivity index (χ1) is 13.4. The van der Waals surface area contributed by atoms with Crippen molar-refractivity contribution in [2.45, 2.75) is 64.4 Å². The molecule has 0 aliphatic carbocycles. The van der Waals surface area contributed by atoms with Gasteiger partial charge in [0.05, 0.1) is 24.9 Å². The summed E-state index contributed by atoms with van der Waals surface area (Å²) in [6.07, 6.45) is 0.149. The lowest BCUT2D eigenvalue weighted by Crippen LogP contribution is -2.39. The van der Waals surface area contributed by atoms with E-state index in [1.165, 1.54) is 11.8 Å². The normalized spacial score (nSPS) is 22.3. The summed E-state index contributed by atoms with van der Waals surface area (Å²) in [6, 6.07) is 1.87. The lowest BCUT2D eigenvalue weighted by atomic mass is 9.91. The molecule has 1 amide bonds. The summed E-state index contributed by atoms with van der Waals surface area (Å²) in [7, 11) is 0. The first kappa shape index (κ1) is 22.7. The molecule has 2 aromatic rings. The molecule has 10 heteroatoms. The fourth-order valence-corrected chi connectivity index (χ4v) is 6.99. The Morgan fingerprint density at radius 1 is 1.45 bits per heavy atom. The molecular formula is C19H23BrClN3O3S2. The Bertz CT molecular complexity index is 947. The van der Waals surface area contributed by atoms with Crippen LogP contribution in [0.4, 0.5) is 4.79 Å². The summed E-state index contributed by atoms with van der Waals surface area (Å²) in [5, 5.41) is 8.03. The van der Waals surface area contributed by atoms with Gasteiger partial charge in [0.15, 0.2) is 5.17 Å². The molecule has 0 bridgehead atoms. The van der Waals surface area contributed by atoms with Crippen molar-refractivity contribution >= 4 is 61.9 Å². The van der Waals surface area contributed by atoms with E-state index in [1.807, 2.05) is 47.6 Å². The fraction of sp³-hybridized carbons (Fsp3) is 0.526. The number of carbonyl (C=O) groups excluding carboxylic acids is 1. The second-order valence-corrected chi connectivity index (χ2v) is 12.1. The van der Waals surface area contributed by atoms with Crippen LogP contribution in [-0.2, 0) is 10.3 Å². The SMILES string of the molecule is Cc1noc(C)c1[C@@H]1C[C@@](C)(c2sc(Br)cc2Cl)N=C(NC(=O)OC(C)(C)C)S1. The number of amides is 1. The molecule has 0 saturated heterocycles. The zero-order chi connectivity index (χ0) is 21.6. The third-order valence-corrected chi connectivity index (χ3v) is 7.75. The standard InChI is InChI=1S/C19H23BrClN3O3S2/c1-9-14(10(2)27-24-9)12-8-19(6,15-11(21)7-13(20)29-15)23-16(28-12)22-17(25)26-18(3,4)5/h7,12H,8H2,1-6H3,(H,22,23,25)/t12-,19-/m0/s1. The highest BCUT2D eigenvalue weighted by molar-refractivity contribution is 9.11. The monoisotopic (exact) mass is 519 g/mol. The lowest BCUT2D eigenvalue weighted by molar-refractivity contribution is 0.0564. The highest BCUT2D eigenvalue weighted by atomic mass is 79.9. The first-order valence-electron chi connectivity index (χ1n) is 9.02. The second kappa shape index (κ2) is 8.24. The fourth-order valence-electron chi connectivity index (χ4n) is 3.24. The number of hydrogen-bond donors (Lipinski definition) is 1. The number of nitrogens with zero attached hydrogens (tertiary/aromatic N) is 2. The molecule has 0 fully saturated rings. The summed E-state index contributed by atoms with van der Waals surface area (Å²) < 4.78 is 11.7. The van der Waals surface area contributed by atoms with Crippen molar-refractivity contribution in [3.05, 3.63) is 36.8 Å². The van der Waals surface area contributed by atoms with Crippen LogP contribution in [0.2, 0.25) is 5.02 Å². The van der Waals surface area contributed by atoms with Crippen molar-refractivity contribution in [1.29, 1.82) is 0 Å². The van der Waals surface area contributed by atoms with Crippen molar-refractivity contribution < 1.29 is 14.1 Å². The molecule has 0 radical (unpaired) electrons. The van der Waals surface area contributed by atoms with E-state index >= 15 is 0 Å². The molecule has 0 aromatic carbocycles. The average Bonchev–Trinajstić information content (AvgIpc) is 3.06. The number of hydrogen-bond acceptors (Lipinski definition) is 7. The van der Waals surface area contributed by atoms with Gasteiger partial charge in [-0.1, -0.05) is 28.5 Å². The molecular weight excluding hydrogens is 498 g/mol. The average molecular weight is 521 g/mol. The number of rotatable bonds is 2. The number of alkyl carbamates (subject to hydrolysis) is 1. The molecule has 1 aliphatic heterocycles. The van der Waals surface area contributed by atoms with Crippen molar-refractivity contribution in [2.75, 3.05) is 0 Å². The van der Waals surface area contributed by atoms with Crippen LogP contribution in [0.1, 0.15) is 61.3 Å². The smallest absolute Gasteiger partial charge is 0.413 e. The topological polar surface area (TPSA) is 76.7 Å². The Balaban J connectivity index is 2.00. The first-order valence-corrected chi connectivity index (χ1v) is 11.9. The number of aliphatic imine (C=N–C) groups is 1. The van der Waals surface area contributed by atoms with Gasteiger partial charge >= 0.3 is 6.09 Å². The number of nitrogens with one attached hydrogen (secondary N) is 1. The van der Waals surface area contributed by atoms with E-state index in [0.717, 1.165) is 25.7 Å². The van der Waals surface area contributed by atoms with Crippen molar-refractivity contribution in [1.82, 2.24) is 10.5 Å². The van der Waals surface area contributed by atoms with Crippen molar-refractivity contribution in [3.63, 3.8) is 0 Å². The molecule has 2 aromatic heterocycles. The van der Waals surface area contributed by atoms with Crippen LogP contribution >= 0.6 is 50.6 Å². The molecule has 2 atom stereocenters. The van der Waals surface area contributed by atoms with Crippen LogP contribution in [0, 0.1) is 13.8 Å². The number of thiophene rings is 1. The van der Waals surface area contributed by atoms with Gasteiger partial charge in [0.1, 0.15) is 11.4 Å². The molecule has 3 rings (SSSR count). The maximum Gasteiger partial charge on any atom is 0.413 e. The maximum atomic E-state index is 12.4. The number of thioether (sulfide) groups is 1. The van der Waals surface area contributed by atoms with E-state index in [9.17, 15) is 4.79 Å². The summed E-state index contributed by atoms with van der Waals surface area (Å²) in [6.45, 7) is 11.3. The van der Waals surface area contributed by atoms with E-state index < -0.39 is 17.2 Å². The van der Waals surface area contributed by atoms with E-state index in [2.05, 4.69) is 26.4 Å². The van der Waals surface area contributed by atoms with Crippen LogP contribution in [0.15, 0.2) is 19.4 Å². The van der Waals surface area contributed by atoms with E-state index in [0.29, 0.717) is 16.6 Å². The number of aryl methyl sites for hydroxylation is 2. The van der Waals surface area contributed by atoms with Gasteiger partial charge in [-0.15, -0.1) is 11.3 Å². The van der Waals surface area contributed by atoms with Crippen molar-refractivity contribution in [3.8, 4) is 0 Å². The Kier molecular flexibility index (Phi) is 6.44. The van der Waals surface area contributed by atoms with Gasteiger partial charge in [0.2, 0.25) is 0 Å². The van der Waals surface area contributed by atoms with Gasteiger partial charge in [-0.3, -0.25) is 5.32 Å². The van der Waals surface area contributed by atoms with Crippen LogP contribution in [0.3, 0.4) is 0 Å². The molecule has 29 heavy (non-hydrogen) atoms. The minimum absolute atomic E-state index is 0.00868. The van der Waals surface area contributed by atoms with Gasteiger partial charge in [0, 0.05) is 10.8 Å². The highest BCUT2D eigenvalue weighted by Gasteiger charge is 2.41. The summed E-state index contributed by atoms with van der Waals surface area (Å²) in [5.74, 6) is 0.763. The molecule has 1 N–H and O–H groups in total. The van der Waals surface area contributed by atoms with Crippen LogP contribution < -0.4 is 5.32 Å². The predicted molar refractivity (Wildman–Crippen MR) is 122 cm³/mol. The Hall–Kier alpha value is -1.03. The summed E-state index contributed by atoms with van der Waals surface area (Å²) in [5.41, 5.74) is 0.631. The molecule has 0 unspecified atom stereocenters. The van der Waals surface area contributed by atoms with Crippen LogP contribution in [-0.4, -0.2) is 22.0 Å². The largest absolute Gasteiger partial charge is 0.444 e. The third-order valence-electron chi connectivity index (χ3n) is 4.35. The Morgan fingerprint density at radius 2 is 2.14 bits per heavy atom. The molecule has 0 saturated carbocycles. The van der Waals surface area contributed by atoms with Gasteiger partial charge in [-0.2, -0.15) is 0 Å². The van der Waals surface area contributed by atoms with Gasteiger partial charge in [-0.05, 0) is 70.0 Å². The van der Waals surface area contributed by atoms with Crippen LogP contribution in [0.5, 0.6) is 0 Å². The Labute approximate surface area is 191 Å². The van der Waals surface area contributed by atoms with E-state index in [4.69, 9.17) is 25.9 Å². The van der Waals surface area contributed by atoms with Gasteiger partial charge in [-0.25, -0.2) is 9.79 Å². The molecule has 6 nitrogen and oxygen atoms in total.